The molecule has 0 saturated carbocycles. The third-order valence-corrected chi connectivity index (χ3v) is 4.82. The molecule has 1 heteroatoms. The normalized spacial score (nSPS) is 12.7. The van der Waals surface area contributed by atoms with Gasteiger partial charge in [0.2, 0.25) is 0 Å². The van der Waals surface area contributed by atoms with E-state index in [1.807, 2.05) is 6.92 Å². The highest BCUT2D eigenvalue weighted by molar-refractivity contribution is 4.70. The van der Waals surface area contributed by atoms with Crippen LogP contribution in [0, 0.1) is 23.2 Å². The molecule has 0 bridgehead atoms. The summed E-state index contributed by atoms with van der Waals surface area (Å²) in [6.45, 7) is 24.6. The molecule has 0 heterocycles. The summed E-state index contributed by atoms with van der Waals surface area (Å²) in [7, 11) is 0. The highest BCUT2D eigenvalue weighted by Gasteiger charge is 2.18. The van der Waals surface area contributed by atoms with E-state index in [4.69, 9.17) is 5.73 Å². The summed E-state index contributed by atoms with van der Waals surface area (Å²) in [5, 5.41) is 0. The first-order valence-electron chi connectivity index (χ1n) is 9.72. The second-order valence-corrected chi connectivity index (χ2v) is 8.31. The van der Waals surface area contributed by atoms with E-state index >= 15 is 0 Å². The lowest BCUT2D eigenvalue weighted by molar-refractivity contribution is 0.248. The van der Waals surface area contributed by atoms with Gasteiger partial charge in [-0.3, -0.25) is 0 Å². The van der Waals surface area contributed by atoms with Crippen LogP contribution in [-0.4, -0.2) is 6.04 Å². The zero-order valence-electron chi connectivity index (χ0n) is 17.9. The highest BCUT2D eigenvalue weighted by atomic mass is 14.6. The Morgan fingerprint density at radius 3 is 1.23 bits per heavy atom. The van der Waals surface area contributed by atoms with E-state index in [-0.39, 0.29) is 0 Å². The van der Waals surface area contributed by atoms with Gasteiger partial charge >= 0.3 is 0 Å². The van der Waals surface area contributed by atoms with Gasteiger partial charge in [-0.15, -0.1) is 0 Å². The lowest BCUT2D eigenvalue weighted by atomic mass is 9.79. The fraction of sp³-hybridized carbons (Fsp3) is 1.00. The Bertz CT molecular complexity index is 194. The summed E-state index contributed by atoms with van der Waals surface area (Å²) in [5.41, 5.74) is 6.00. The fourth-order valence-electron chi connectivity index (χ4n) is 1.50. The van der Waals surface area contributed by atoms with E-state index < -0.39 is 0 Å². The molecule has 0 radical (unpaired) electrons. The quantitative estimate of drug-likeness (QED) is 0.524. The van der Waals surface area contributed by atoms with Gasteiger partial charge in [0.25, 0.3) is 0 Å². The molecule has 1 nitrogen and oxygen atoms in total. The van der Waals surface area contributed by atoms with Crippen LogP contribution >= 0.6 is 0 Å². The molecule has 0 rings (SSSR count). The Labute approximate surface area is 143 Å². The molecule has 0 spiro atoms. The molecule has 1 unspecified atom stereocenters. The molecule has 0 aliphatic heterocycles. The lowest BCUT2D eigenvalue weighted by Gasteiger charge is -2.27. The predicted molar refractivity (Wildman–Crippen MR) is 106 cm³/mol. The van der Waals surface area contributed by atoms with E-state index in [1.165, 1.54) is 32.1 Å². The van der Waals surface area contributed by atoms with Crippen LogP contribution in [0.4, 0.5) is 0 Å². The minimum absolute atomic E-state index is 0.352. The van der Waals surface area contributed by atoms with Crippen molar-refractivity contribution in [1.29, 1.82) is 0 Å². The molecule has 0 aliphatic carbocycles. The molecule has 2 N–H and O–H groups in total. The second kappa shape index (κ2) is 15.8. The van der Waals surface area contributed by atoms with Gasteiger partial charge < -0.3 is 5.73 Å². The third kappa shape index (κ3) is 22.2. The van der Waals surface area contributed by atoms with Crippen molar-refractivity contribution < 1.29 is 0 Å². The van der Waals surface area contributed by atoms with Crippen LogP contribution in [0.2, 0.25) is 0 Å². The van der Waals surface area contributed by atoms with Crippen molar-refractivity contribution in [1.82, 2.24) is 0 Å². The van der Waals surface area contributed by atoms with Gasteiger partial charge in [-0.2, -0.15) is 0 Å². The average molecular weight is 316 g/mol. The number of hydrogen-bond donors (Lipinski definition) is 1. The summed E-state index contributed by atoms with van der Waals surface area (Å²) in [6, 6.07) is 0.352. The standard InChI is InChI=1S/C11H24.C5H13N.C5H12/c1-6-10(7-2)9-11(4,5)8-3;1-4(2)5(3)6;1-4-5(2)3/h10H,6-9H2,1-5H3;4-5H,6H2,1-3H3;5H,4H2,1-3H3. The van der Waals surface area contributed by atoms with Crippen LogP contribution in [0.15, 0.2) is 0 Å². The summed E-state index contributed by atoms with van der Waals surface area (Å²) < 4.78 is 0. The van der Waals surface area contributed by atoms with Gasteiger partial charge in [-0.25, -0.2) is 0 Å². The first-order chi connectivity index (χ1) is 9.97. The first kappa shape index (κ1) is 26.8. The molecule has 22 heavy (non-hydrogen) atoms. The van der Waals surface area contributed by atoms with Crippen molar-refractivity contribution in [2.45, 2.75) is 114 Å². The van der Waals surface area contributed by atoms with Gasteiger partial charge in [-0.1, -0.05) is 94.9 Å². The van der Waals surface area contributed by atoms with Crippen molar-refractivity contribution >= 4 is 0 Å². The van der Waals surface area contributed by atoms with E-state index in [9.17, 15) is 0 Å². The van der Waals surface area contributed by atoms with Crippen molar-refractivity contribution in [3.8, 4) is 0 Å². The predicted octanol–water partition coefficient (Wildman–Crippen LogP) is 7.29. The Morgan fingerprint density at radius 1 is 0.773 bits per heavy atom. The van der Waals surface area contributed by atoms with Gasteiger partial charge in [0, 0.05) is 6.04 Å². The van der Waals surface area contributed by atoms with E-state index in [0.29, 0.717) is 17.4 Å². The zero-order chi connectivity index (χ0) is 18.3. The summed E-state index contributed by atoms with van der Waals surface area (Å²) in [5.74, 6) is 2.46. The molecule has 138 valence electrons. The van der Waals surface area contributed by atoms with Gasteiger partial charge in [0.05, 0.1) is 0 Å². The van der Waals surface area contributed by atoms with Gasteiger partial charge in [0.15, 0.2) is 0 Å². The summed E-state index contributed by atoms with van der Waals surface area (Å²) in [6.07, 6.45) is 6.71. The Morgan fingerprint density at radius 2 is 1.09 bits per heavy atom. The van der Waals surface area contributed by atoms with Crippen LogP contribution < -0.4 is 5.73 Å². The minimum atomic E-state index is 0.352. The first-order valence-corrected chi connectivity index (χ1v) is 9.72. The van der Waals surface area contributed by atoms with Crippen LogP contribution in [0.5, 0.6) is 0 Å². The van der Waals surface area contributed by atoms with Gasteiger partial charge in [0.1, 0.15) is 0 Å². The molecule has 0 aromatic heterocycles. The molecular formula is C21H49N. The maximum absolute atomic E-state index is 5.44. The van der Waals surface area contributed by atoms with Crippen LogP contribution in [0.3, 0.4) is 0 Å². The highest BCUT2D eigenvalue weighted by Crippen LogP contribution is 2.31. The number of rotatable bonds is 7. The van der Waals surface area contributed by atoms with Crippen LogP contribution in [-0.2, 0) is 0 Å². The SMILES string of the molecule is CC(C)C(C)N.CCC(C)C.CCC(CC)CC(C)(C)CC. The molecule has 0 fully saturated rings. The fourth-order valence-corrected chi connectivity index (χ4v) is 1.50. The average Bonchev–Trinajstić information content (AvgIpc) is 2.45. The lowest BCUT2D eigenvalue weighted by Crippen LogP contribution is -2.21. The molecule has 1 atom stereocenters. The van der Waals surface area contributed by atoms with Crippen molar-refractivity contribution in [3.05, 3.63) is 0 Å². The molecule has 0 aromatic carbocycles. The van der Waals surface area contributed by atoms with E-state index in [0.717, 1.165) is 11.8 Å². The van der Waals surface area contributed by atoms with Crippen molar-refractivity contribution in [3.63, 3.8) is 0 Å². The van der Waals surface area contributed by atoms with Gasteiger partial charge in [-0.05, 0) is 36.5 Å². The third-order valence-electron chi connectivity index (χ3n) is 4.82. The Kier molecular flexibility index (Phi) is 19.3. The van der Waals surface area contributed by atoms with Crippen LogP contribution in [0.25, 0.3) is 0 Å². The zero-order valence-corrected chi connectivity index (χ0v) is 17.9. The van der Waals surface area contributed by atoms with E-state index in [1.54, 1.807) is 0 Å². The Hall–Kier alpha value is -0.0400. The van der Waals surface area contributed by atoms with Crippen LogP contribution in [0.1, 0.15) is 108 Å². The number of nitrogens with two attached hydrogens (primary N) is 1. The summed E-state index contributed by atoms with van der Waals surface area (Å²) >= 11 is 0. The molecular weight excluding hydrogens is 266 g/mol. The largest absolute Gasteiger partial charge is 0.328 e. The van der Waals surface area contributed by atoms with Crippen molar-refractivity contribution in [2.24, 2.45) is 28.9 Å². The molecule has 0 amide bonds. The minimum Gasteiger partial charge on any atom is -0.328 e. The maximum atomic E-state index is 5.44. The monoisotopic (exact) mass is 315 g/mol. The second-order valence-electron chi connectivity index (χ2n) is 8.31. The maximum Gasteiger partial charge on any atom is 0.00334 e. The van der Waals surface area contributed by atoms with Crippen molar-refractivity contribution in [2.75, 3.05) is 0 Å². The topological polar surface area (TPSA) is 26.0 Å². The summed E-state index contributed by atoms with van der Waals surface area (Å²) in [4.78, 5) is 0. The van der Waals surface area contributed by atoms with E-state index in [2.05, 4.69) is 69.2 Å². The smallest absolute Gasteiger partial charge is 0.00334 e. The molecule has 0 aromatic rings. The molecule has 0 aliphatic rings. The molecule has 0 saturated heterocycles. The Balaban J connectivity index is -0.000000277. The number of hydrogen-bond acceptors (Lipinski definition) is 1.